The van der Waals surface area contributed by atoms with Crippen molar-refractivity contribution in [2.45, 2.75) is 44.5 Å². The lowest BCUT2D eigenvalue weighted by Gasteiger charge is -2.52. The molecule has 0 unspecified atom stereocenters. The second-order valence-electron chi connectivity index (χ2n) is 7.02. The number of carbonyl (C=O) groups excluding carboxylic acids is 1. The summed E-state index contributed by atoms with van der Waals surface area (Å²) in [6.07, 6.45) is -0.435. The van der Waals surface area contributed by atoms with Crippen molar-refractivity contribution >= 4 is 22.0 Å². The minimum Gasteiger partial charge on any atom is -0.483 e. The predicted molar refractivity (Wildman–Crippen MR) is 84.9 cm³/mol. The summed E-state index contributed by atoms with van der Waals surface area (Å²) in [5.74, 6) is 0.686. The quantitative estimate of drug-likeness (QED) is 0.762. The van der Waals surface area contributed by atoms with Crippen molar-refractivity contribution in [3.8, 4) is 5.75 Å². The van der Waals surface area contributed by atoms with Crippen molar-refractivity contribution in [1.29, 1.82) is 0 Å². The van der Waals surface area contributed by atoms with E-state index in [4.69, 9.17) is 9.47 Å². The first-order valence-electron chi connectivity index (χ1n) is 7.32. The number of benzene rings is 1. The number of nitrogens with zero attached hydrogens (tertiary/aromatic N) is 1. The highest BCUT2D eigenvalue weighted by Crippen LogP contribution is 2.44. The van der Waals surface area contributed by atoms with E-state index in [1.54, 1.807) is 4.90 Å². The van der Waals surface area contributed by atoms with E-state index in [9.17, 15) is 9.90 Å². The first-order chi connectivity index (χ1) is 10.2. The molecule has 1 spiro atoms. The summed E-state index contributed by atoms with van der Waals surface area (Å²) in [5.41, 5.74) is -0.223. The van der Waals surface area contributed by atoms with Crippen molar-refractivity contribution in [2.24, 2.45) is 0 Å². The van der Waals surface area contributed by atoms with Gasteiger partial charge in [-0.2, -0.15) is 0 Å². The third kappa shape index (κ3) is 2.94. The Labute approximate surface area is 138 Å². The van der Waals surface area contributed by atoms with Crippen LogP contribution in [0, 0.1) is 0 Å². The van der Waals surface area contributed by atoms with Gasteiger partial charge in [-0.3, -0.25) is 0 Å². The number of aliphatic hydroxyl groups is 1. The third-order valence-corrected chi connectivity index (χ3v) is 4.33. The van der Waals surface area contributed by atoms with E-state index in [-0.39, 0.29) is 6.09 Å². The molecular weight excluding hydrogens is 350 g/mol. The van der Waals surface area contributed by atoms with Crippen molar-refractivity contribution < 1.29 is 19.4 Å². The summed E-state index contributed by atoms with van der Waals surface area (Å²) in [7, 11) is 0. The van der Waals surface area contributed by atoms with Gasteiger partial charge in [-0.1, -0.05) is 15.9 Å². The monoisotopic (exact) mass is 369 g/mol. The number of hydrogen-bond donors (Lipinski definition) is 1. The number of halogens is 1. The Morgan fingerprint density at radius 3 is 2.77 bits per heavy atom. The molecule has 1 saturated heterocycles. The van der Waals surface area contributed by atoms with E-state index in [0.717, 1.165) is 10.0 Å². The van der Waals surface area contributed by atoms with Crippen molar-refractivity contribution in [3.63, 3.8) is 0 Å². The standard InChI is InChI=1S/C16H20BrNO4/c1-15(2,3)22-14(20)18-8-16(9-18)7-12(19)11-6-10(17)4-5-13(11)21-16/h4-6,12,19H,7-9H2,1-3H3/t12-/m0/s1. The van der Waals surface area contributed by atoms with Crippen LogP contribution in [0.4, 0.5) is 4.79 Å². The molecule has 2 aliphatic heterocycles. The average molecular weight is 370 g/mol. The highest BCUT2D eigenvalue weighted by Gasteiger charge is 2.52. The summed E-state index contributed by atoms with van der Waals surface area (Å²) in [6.45, 7) is 6.41. The number of rotatable bonds is 0. The Morgan fingerprint density at radius 1 is 1.45 bits per heavy atom. The molecule has 1 aromatic rings. The van der Waals surface area contributed by atoms with Gasteiger partial charge in [0.15, 0.2) is 0 Å². The van der Waals surface area contributed by atoms with E-state index in [1.165, 1.54) is 0 Å². The summed E-state index contributed by atoms with van der Waals surface area (Å²) in [5, 5.41) is 10.4. The minimum absolute atomic E-state index is 0.335. The normalized spacial score (nSPS) is 22.6. The fraction of sp³-hybridized carbons (Fsp3) is 0.562. The van der Waals surface area contributed by atoms with Gasteiger partial charge in [-0.25, -0.2) is 4.79 Å². The Morgan fingerprint density at radius 2 is 2.14 bits per heavy atom. The van der Waals surface area contributed by atoms with Gasteiger partial charge < -0.3 is 19.5 Å². The molecule has 0 aromatic heterocycles. The van der Waals surface area contributed by atoms with Crippen LogP contribution in [-0.2, 0) is 4.74 Å². The van der Waals surface area contributed by atoms with Gasteiger partial charge >= 0.3 is 6.09 Å². The Balaban J connectivity index is 1.69. The third-order valence-electron chi connectivity index (χ3n) is 3.83. The van der Waals surface area contributed by atoms with Gasteiger partial charge in [0.1, 0.15) is 17.0 Å². The van der Waals surface area contributed by atoms with Gasteiger partial charge in [0.05, 0.1) is 19.2 Å². The van der Waals surface area contributed by atoms with Gasteiger partial charge in [-0.05, 0) is 39.0 Å². The molecule has 120 valence electrons. The van der Waals surface area contributed by atoms with E-state index in [0.29, 0.717) is 25.3 Å². The van der Waals surface area contributed by atoms with Gasteiger partial charge in [-0.15, -0.1) is 0 Å². The molecule has 1 amide bonds. The summed E-state index contributed by atoms with van der Waals surface area (Å²) >= 11 is 3.40. The Hall–Kier alpha value is -1.27. The lowest BCUT2D eigenvalue weighted by Crippen LogP contribution is -2.68. The molecule has 2 heterocycles. The molecule has 1 N–H and O–H groups in total. The number of ether oxygens (including phenoxy) is 2. The highest BCUT2D eigenvalue weighted by molar-refractivity contribution is 9.10. The molecule has 0 bridgehead atoms. The number of likely N-dealkylation sites (tertiary alicyclic amines) is 1. The van der Waals surface area contributed by atoms with E-state index >= 15 is 0 Å². The van der Waals surface area contributed by atoms with Crippen LogP contribution >= 0.6 is 15.9 Å². The van der Waals surface area contributed by atoms with Crippen molar-refractivity contribution in [3.05, 3.63) is 28.2 Å². The predicted octanol–water partition coefficient (Wildman–Crippen LogP) is 3.25. The SMILES string of the molecule is CC(C)(C)OC(=O)N1CC2(C[C@H](O)c3cc(Br)ccc3O2)C1. The zero-order valence-electron chi connectivity index (χ0n) is 12.9. The molecule has 1 aromatic carbocycles. The summed E-state index contributed by atoms with van der Waals surface area (Å²) in [4.78, 5) is 13.6. The fourth-order valence-corrected chi connectivity index (χ4v) is 3.29. The van der Waals surface area contributed by atoms with E-state index < -0.39 is 17.3 Å². The molecule has 1 fully saturated rings. The van der Waals surface area contributed by atoms with Crippen molar-refractivity contribution in [2.75, 3.05) is 13.1 Å². The average Bonchev–Trinajstić information content (AvgIpc) is 2.34. The first kappa shape index (κ1) is 15.6. The summed E-state index contributed by atoms with van der Waals surface area (Å²) in [6, 6.07) is 5.60. The van der Waals surface area contributed by atoms with Gasteiger partial charge in [0.2, 0.25) is 0 Å². The minimum atomic E-state index is -0.581. The largest absolute Gasteiger partial charge is 0.483 e. The lowest BCUT2D eigenvalue weighted by molar-refractivity contribution is -0.114. The summed E-state index contributed by atoms with van der Waals surface area (Å²) < 4.78 is 12.3. The van der Waals surface area contributed by atoms with Crippen LogP contribution in [0.3, 0.4) is 0 Å². The molecule has 0 radical (unpaired) electrons. The number of amides is 1. The zero-order chi connectivity index (χ0) is 16.1. The fourth-order valence-electron chi connectivity index (χ4n) is 2.91. The van der Waals surface area contributed by atoms with Crippen molar-refractivity contribution in [1.82, 2.24) is 4.90 Å². The van der Waals surface area contributed by atoms with Crippen LogP contribution < -0.4 is 4.74 Å². The maximum Gasteiger partial charge on any atom is 0.410 e. The molecule has 0 saturated carbocycles. The van der Waals surface area contributed by atoms with Crippen LogP contribution in [0.2, 0.25) is 0 Å². The number of fused-ring (bicyclic) bond motifs is 1. The lowest BCUT2D eigenvalue weighted by atomic mass is 9.83. The second-order valence-corrected chi connectivity index (χ2v) is 7.94. The molecule has 0 aliphatic carbocycles. The highest BCUT2D eigenvalue weighted by atomic mass is 79.9. The van der Waals surface area contributed by atoms with Crippen LogP contribution in [0.1, 0.15) is 38.9 Å². The number of hydrogen-bond acceptors (Lipinski definition) is 4. The molecule has 5 nitrogen and oxygen atoms in total. The van der Waals surface area contributed by atoms with Crippen LogP contribution in [0.5, 0.6) is 5.75 Å². The Kier molecular flexibility index (Phi) is 3.64. The maximum atomic E-state index is 12.0. The molecule has 22 heavy (non-hydrogen) atoms. The first-order valence-corrected chi connectivity index (χ1v) is 8.11. The Bertz CT molecular complexity index is 605. The van der Waals surface area contributed by atoms with Crippen LogP contribution in [0.15, 0.2) is 22.7 Å². The molecule has 6 heteroatoms. The molecule has 1 atom stereocenters. The smallest absolute Gasteiger partial charge is 0.410 e. The van der Waals surface area contributed by atoms with Gasteiger partial charge in [0.25, 0.3) is 0 Å². The topological polar surface area (TPSA) is 59.0 Å². The molecular formula is C16H20BrNO4. The van der Waals surface area contributed by atoms with Gasteiger partial charge in [0, 0.05) is 16.5 Å². The number of carbonyl (C=O) groups is 1. The zero-order valence-corrected chi connectivity index (χ0v) is 14.5. The van der Waals surface area contributed by atoms with E-state index in [1.807, 2.05) is 39.0 Å². The number of aliphatic hydroxyl groups excluding tert-OH is 1. The van der Waals surface area contributed by atoms with Crippen LogP contribution in [-0.4, -0.2) is 40.4 Å². The van der Waals surface area contributed by atoms with E-state index in [2.05, 4.69) is 15.9 Å². The van der Waals surface area contributed by atoms with Crippen LogP contribution in [0.25, 0.3) is 0 Å². The molecule has 2 aliphatic rings. The maximum absolute atomic E-state index is 12.0. The molecule has 3 rings (SSSR count). The second kappa shape index (κ2) is 5.13.